The molecular weight excluding hydrogens is 174 g/mol. The molecule has 0 saturated heterocycles. The Labute approximate surface area is 82.5 Å². The molecule has 0 radical (unpaired) electrons. The third-order valence-corrected chi connectivity index (χ3v) is 2.26. The van der Waals surface area contributed by atoms with Crippen LogP contribution in [0.15, 0.2) is 43.1 Å². The van der Waals surface area contributed by atoms with Gasteiger partial charge in [-0.05, 0) is 31.2 Å². The van der Waals surface area contributed by atoms with Crippen LogP contribution in [0.3, 0.4) is 0 Å². The molecule has 0 aliphatic heterocycles. The maximum Gasteiger partial charge on any atom is 0.254 e. The number of aromatic nitrogens is 1. The second-order valence-corrected chi connectivity index (χ2v) is 3.29. The van der Waals surface area contributed by atoms with Gasteiger partial charge in [-0.3, -0.25) is 9.36 Å². The highest BCUT2D eigenvalue weighted by Crippen LogP contribution is 2.17. The number of hydrogen-bond acceptors (Lipinski definition) is 1. The second kappa shape index (κ2) is 3.14. The zero-order valence-electron chi connectivity index (χ0n) is 8.03. The van der Waals surface area contributed by atoms with Gasteiger partial charge in [0.15, 0.2) is 0 Å². The fraction of sp³-hybridized carbons (Fsp3) is 0.0833. The number of fused-ring (bicyclic) bond motifs is 1. The fourth-order valence-corrected chi connectivity index (χ4v) is 1.55. The van der Waals surface area contributed by atoms with Gasteiger partial charge in [-0.25, -0.2) is 0 Å². The van der Waals surface area contributed by atoms with Crippen LogP contribution in [0, 0.1) is 6.92 Å². The van der Waals surface area contributed by atoms with E-state index in [0.717, 1.165) is 10.9 Å². The zero-order chi connectivity index (χ0) is 10.1. The number of carbonyl (C=O) groups is 1. The molecule has 0 aliphatic rings. The molecule has 0 amide bonds. The molecule has 2 aromatic rings. The van der Waals surface area contributed by atoms with Gasteiger partial charge in [-0.15, -0.1) is 0 Å². The van der Waals surface area contributed by atoms with Gasteiger partial charge in [-0.2, -0.15) is 0 Å². The van der Waals surface area contributed by atoms with E-state index in [2.05, 4.69) is 12.6 Å². The highest BCUT2D eigenvalue weighted by molar-refractivity contribution is 5.97. The summed E-state index contributed by atoms with van der Waals surface area (Å²) in [5.74, 6) is -0.0937. The molecule has 2 nitrogen and oxygen atoms in total. The summed E-state index contributed by atoms with van der Waals surface area (Å²) in [7, 11) is 0. The van der Waals surface area contributed by atoms with Gasteiger partial charge >= 0.3 is 0 Å². The molecule has 1 aromatic carbocycles. The van der Waals surface area contributed by atoms with E-state index in [4.69, 9.17) is 0 Å². The molecule has 2 heteroatoms. The molecular formula is C12H11NO. The average molecular weight is 185 g/mol. The zero-order valence-corrected chi connectivity index (χ0v) is 8.03. The maximum atomic E-state index is 11.4. The van der Waals surface area contributed by atoms with E-state index in [9.17, 15) is 4.79 Å². The Hall–Kier alpha value is -1.83. The van der Waals surface area contributed by atoms with Crippen LogP contribution in [0.2, 0.25) is 0 Å². The highest BCUT2D eigenvalue weighted by Gasteiger charge is 2.04. The Bertz CT molecular complexity index is 508. The van der Waals surface area contributed by atoms with Gasteiger partial charge in [0.25, 0.3) is 5.91 Å². The predicted molar refractivity (Wildman–Crippen MR) is 57.5 cm³/mol. The first kappa shape index (κ1) is 8.75. The van der Waals surface area contributed by atoms with Crippen molar-refractivity contribution >= 4 is 16.8 Å². The van der Waals surface area contributed by atoms with Crippen LogP contribution >= 0.6 is 0 Å². The average Bonchev–Trinajstić information content (AvgIpc) is 2.59. The molecule has 14 heavy (non-hydrogen) atoms. The summed E-state index contributed by atoms with van der Waals surface area (Å²) in [5.41, 5.74) is 2.13. The SMILES string of the molecule is C=CC(=O)n1ccc2cc(C)ccc21. The molecule has 1 aromatic heterocycles. The lowest BCUT2D eigenvalue weighted by atomic mass is 10.2. The van der Waals surface area contributed by atoms with Crippen molar-refractivity contribution in [1.82, 2.24) is 4.57 Å². The molecule has 0 bridgehead atoms. The van der Waals surface area contributed by atoms with Gasteiger partial charge in [0.1, 0.15) is 0 Å². The minimum atomic E-state index is -0.0937. The van der Waals surface area contributed by atoms with E-state index in [-0.39, 0.29) is 5.91 Å². The maximum absolute atomic E-state index is 11.4. The molecule has 70 valence electrons. The van der Waals surface area contributed by atoms with Gasteiger partial charge in [-0.1, -0.05) is 18.2 Å². The predicted octanol–water partition coefficient (Wildman–Crippen LogP) is 2.78. The van der Waals surface area contributed by atoms with Crippen molar-refractivity contribution in [2.45, 2.75) is 6.92 Å². The highest BCUT2D eigenvalue weighted by atomic mass is 16.1. The molecule has 2 rings (SSSR count). The van der Waals surface area contributed by atoms with E-state index < -0.39 is 0 Å². The van der Waals surface area contributed by atoms with E-state index in [0.29, 0.717) is 0 Å². The smallest absolute Gasteiger partial charge is 0.254 e. The summed E-state index contributed by atoms with van der Waals surface area (Å²) in [6, 6.07) is 7.94. The van der Waals surface area contributed by atoms with Crippen LogP contribution in [0.1, 0.15) is 10.4 Å². The molecule has 0 atom stereocenters. The van der Waals surface area contributed by atoms with E-state index >= 15 is 0 Å². The standard InChI is InChI=1S/C12H11NO/c1-3-12(14)13-7-6-10-8-9(2)4-5-11(10)13/h3-8H,1H2,2H3. The van der Waals surface area contributed by atoms with Gasteiger partial charge in [0.05, 0.1) is 5.52 Å². The normalized spacial score (nSPS) is 10.4. The lowest BCUT2D eigenvalue weighted by Gasteiger charge is -1.99. The van der Waals surface area contributed by atoms with Gasteiger partial charge < -0.3 is 0 Å². The first-order chi connectivity index (χ1) is 6.72. The van der Waals surface area contributed by atoms with Crippen LogP contribution in [-0.2, 0) is 0 Å². The molecule has 0 spiro atoms. The fourth-order valence-electron chi connectivity index (χ4n) is 1.55. The Morgan fingerprint density at radius 1 is 1.43 bits per heavy atom. The molecule has 0 fully saturated rings. The Morgan fingerprint density at radius 2 is 2.21 bits per heavy atom. The third-order valence-electron chi connectivity index (χ3n) is 2.26. The Balaban J connectivity index is 2.69. The Kier molecular flexibility index (Phi) is 1.97. The first-order valence-corrected chi connectivity index (χ1v) is 4.47. The van der Waals surface area contributed by atoms with Crippen molar-refractivity contribution in [3.63, 3.8) is 0 Å². The minimum absolute atomic E-state index is 0.0937. The van der Waals surface area contributed by atoms with Crippen LogP contribution < -0.4 is 0 Å². The van der Waals surface area contributed by atoms with Crippen LogP contribution in [0.25, 0.3) is 10.9 Å². The number of benzene rings is 1. The topological polar surface area (TPSA) is 22.0 Å². The summed E-state index contributed by atoms with van der Waals surface area (Å²) in [6.45, 7) is 5.50. The lowest BCUT2D eigenvalue weighted by molar-refractivity contribution is 0.0974. The van der Waals surface area contributed by atoms with Crippen LogP contribution in [-0.4, -0.2) is 10.5 Å². The molecule has 0 N–H and O–H groups in total. The van der Waals surface area contributed by atoms with E-state index in [1.165, 1.54) is 11.6 Å². The van der Waals surface area contributed by atoms with Crippen molar-refractivity contribution in [3.05, 3.63) is 48.7 Å². The van der Waals surface area contributed by atoms with Gasteiger partial charge in [0, 0.05) is 11.6 Å². The second-order valence-electron chi connectivity index (χ2n) is 3.29. The van der Waals surface area contributed by atoms with E-state index in [1.54, 1.807) is 10.8 Å². The lowest BCUT2D eigenvalue weighted by Crippen LogP contribution is -2.04. The summed E-state index contributed by atoms with van der Waals surface area (Å²) < 4.78 is 1.60. The number of rotatable bonds is 1. The number of hydrogen-bond donors (Lipinski definition) is 0. The molecule has 0 aliphatic carbocycles. The van der Waals surface area contributed by atoms with Crippen LogP contribution in [0.4, 0.5) is 0 Å². The first-order valence-electron chi connectivity index (χ1n) is 4.47. The minimum Gasteiger partial charge on any atom is -0.284 e. The number of nitrogens with zero attached hydrogens (tertiary/aromatic N) is 1. The van der Waals surface area contributed by atoms with Gasteiger partial charge in [0.2, 0.25) is 0 Å². The largest absolute Gasteiger partial charge is 0.284 e. The van der Waals surface area contributed by atoms with Crippen molar-refractivity contribution in [2.75, 3.05) is 0 Å². The number of allylic oxidation sites excluding steroid dienone is 1. The van der Waals surface area contributed by atoms with Crippen molar-refractivity contribution in [1.29, 1.82) is 0 Å². The molecule has 0 unspecified atom stereocenters. The van der Waals surface area contributed by atoms with Crippen LogP contribution in [0.5, 0.6) is 0 Å². The number of carbonyl (C=O) groups excluding carboxylic acids is 1. The summed E-state index contributed by atoms with van der Waals surface area (Å²) in [4.78, 5) is 11.4. The molecule has 0 saturated carbocycles. The van der Waals surface area contributed by atoms with Crippen molar-refractivity contribution in [3.8, 4) is 0 Å². The van der Waals surface area contributed by atoms with Crippen molar-refractivity contribution < 1.29 is 4.79 Å². The quantitative estimate of drug-likeness (QED) is 0.626. The summed E-state index contributed by atoms with van der Waals surface area (Å²) in [6.07, 6.45) is 3.09. The third kappa shape index (κ3) is 1.25. The summed E-state index contributed by atoms with van der Waals surface area (Å²) >= 11 is 0. The van der Waals surface area contributed by atoms with E-state index in [1.807, 2.05) is 25.1 Å². The Morgan fingerprint density at radius 3 is 2.93 bits per heavy atom. The summed E-state index contributed by atoms with van der Waals surface area (Å²) in [5, 5.41) is 1.08. The monoisotopic (exact) mass is 185 g/mol. The van der Waals surface area contributed by atoms with Crippen molar-refractivity contribution in [2.24, 2.45) is 0 Å². The number of aryl methyl sites for hydroxylation is 1. The molecule has 1 heterocycles.